The van der Waals surface area contributed by atoms with Crippen LogP contribution in [0.1, 0.15) is 17.0 Å². The molecule has 0 bridgehead atoms. The monoisotopic (exact) mass is 371 g/mol. The van der Waals surface area contributed by atoms with Crippen LogP contribution in [0.4, 0.5) is 17.6 Å². The van der Waals surface area contributed by atoms with E-state index in [0.29, 0.717) is 24.1 Å². The van der Waals surface area contributed by atoms with Gasteiger partial charge in [-0.15, -0.1) is 5.10 Å². The van der Waals surface area contributed by atoms with Gasteiger partial charge in [0.05, 0.1) is 0 Å². The number of anilines is 3. The molecule has 2 aromatic carbocycles. The summed E-state index contributed by atoms with van der Waals surface area (Å²) in [5.74, 6) is 3.21. The second-order valence-corrected chi connectivity index (χ2v) is 6.49. The third-order valence-corrected chi connectivity index (χ3v) is 4.27. The highest BCUT2D eigenvalue weighted by Crippen LogP contribution is 2.24. The molecule has 140 valence electrons. The molecule has 0 saturated heterocycles. The highest BCUT2D eigenvalue weighted by Gasteiger charge is 2.11. The lowest BCUT2D eigenvalue weighted by atomic mass is 10.1. The van der Waals surface area contributed by atoms with Crippen molar-refractivity contribution >= 4 is 17.6 Å². The standard InChI is InChI=1S/C21H21N7/c1-14-8-6-7-11-17(14)20-24-18(22-13-16-9-4-3-5-10-16)12-19(25-20)26-21-23-15(2)27-28-21/h3-12H,13H2,1-2H3,(H3,22,23,24,25,26,27,28). The zero-order valence-corrected chi connectivity index (χ0v) is 15.8. The van der Waals surface area contributed by atoms with E-state index in [0.717, 1.165) is 22.8 Å². The maximum atomic E-state index is 4.72. The first-order chi connectivity index (χ1) is 13.7. The minimum absolute atomic E-state index is 0.473. The van der Waals surface area contributed by atoms with Crippen molar-refractivity contribution < 1.29 is 0 Å². The smallest absolute Gasteiger partial charge is 0.247 e. The normalized spacial score (nSPS) is 10.6. The van der Waals surface area contributed by atoms with Gasteiger partial charge in [-0.2, -0.15) is 4.98 Å². The van der Waals surface area contributed by atoms with Gasteiger partial charge in [-0.3, -0.25) is 5.10 Å². The number of H-pyrrole nitrogens is 1. The molecule has 7 nitrogen and oxygen atoms in total. The second-order valence-electron chi connectivity index (χ2n) is 6.49. The van der Waals surface area contributed by atoms with E-state index < -0.39 is 0 Å². The van der Waals surface area contributed by atoms with Gasteiger partial charge in [0.1, 0.15) is 17.5 Å². The van der Waals surface area contributed by atoms with Crippen LogP contribution in [0.3, 0.4) is 0 Å². The average Bonchev–Trinajstić information content (AvgIpc) is 3.12. The lowest BCUT2D eigenvalue weighted by Gasteiger charge is -2.11. The molecule has 0 spiro atoms. The minimum atomic E-state index is 0.473. The summed E-state index contributed by atoms with van der Waals surface area (Å²) in [6.07, 6.45) is 0. The molecular weight excluding hydrogens is 350 g/mol. The number of rotatable bonds is 6. The fourth-order valence-corrected chi connectivity index (χ4v) is 2.85. The van der Waals surface area contributed by atoms with Gasteiger partial charge in [0.25, 0.3) is 0 Å². The third kappa shape index (κ3) is 4.15. The van der Waals surface area contributed by atoms with E-state index in [1.165, 1.54) is 5.56 Å². The number of nitrogens with zero attached hydrogens (tertiary/aromatic N) is 4. The van der Waals surface area contributed by atoms with Crippen molar-refractivity contribution in [2.45, 2.75) is 20.4 Å². The molecule has 2 aromatic heterocycles. The molecule has 0 atom stereocenters. The Hall–Kier alpha value is -3.74. The Balaban J connectivity index is 1.67. The molecule has 4 aromatic rings. The number of aromatic nitrogens is 5. The summed E-state index contributed by atoms with van der Waals surface area (Å²) < 4.78 is 0. The Bertz CT molecular complexity index is 1070. The molecule has 28 heavy (non-hydrogen) atoms. The maximum Gasteiger partial charge on any atom is 0.247 e. The number of nitrogens with one attached hydrogen (secondary N) is 3. The molecule has 0 aliphatic heterocycles. The first-order valence-corrected chi connectivity index (χ1v) is 9.06. The largest absolute Gasteiger partial charge is 0.366 e. The number of hydrogen-bond acceptors (Lipinski definition) is 6. The van der Waals surface area contributed by atoms with Crippen LogP contribution in [-0.2, 0) is 6.54 Å². The van der Waals surface area contributed by atoms with E-state index in [2.05, 4.69) is 55.9 Å². The lowest BCUT2D eigenvalue weighted by molar-refractivity contribution is 1.04. The highest BCUT2D eigenvalue weighted by molar-refractivity contribution is 5.65. The molecule has 3 N–H and O–H groups in total. The van der Waals surface area contributed by atoms with Crippen molar-refractivity contribution in [2.75, 3.05) is 10.6 Å². The van der Waals surface area contributed by atoms with Crippen molar-refractivity contribution in [1.29, 1.82) is 0 Å². The third-order valence-electron chi connectivity index (χ3n) is 4.27. The van der Waals surface area contributed by atoms with Gasteiger partial charge in [-0.1, -0.05) is 54.6 Å². The molecule has 0 amide bonds. The van der Waals surface area contributed by atoms with E-state index in [1.807, 2.05) is 49.4 Å². The molecule has 4 rings (SSSR count). The van der Waals surface area contributed by atoms with Gasteiger partial charge in [0, 0.05) is 18.2 Å². The van der Waals surface area contributed by atoms with E-state index >= 15 is 0 Å². The summed E-state index contributed by atoms with van der Waals surface area (Å²) in [6, 6.07) is 20.1. The first-order valence-electron chi connectivity index (χ1n) is 9.06. The Morgan fingerprint density at radius 3 is 2.36 bits per heavy atom. The van der Waals surface area contributed by atoms with Crippen LogP contribution in [-0.4, -0.2) is 25.1 Å². The summed E-state index contributed by atoms with van der Waals surface area (Å²) in [4.78, 5) is 13.7. The van der Waals surface area contributed by atoms with Crippen molar-refractivity contribution in [3.8, 4) is 11.4 Å². The van der Waals surface area contributed by atoms with Crippen molar-refractivity contribution in [1.82, 2.24) is 25.1 Å². The summed E-state index contributed by atoms with van der Waals surface area (Å²) >= 11 is 0. The minimum Gasteiger partial charge on any atom is -0.366 e. The van der Waals surface area contributed by atoms with Crippen LogP contribution in [0.5, 0.6) is 0 Å². The quantitative estimate of drug-likeness (QED) is 0.470. The Morgan fingerprint density at radius 2 is 1.61 bits per heavy atom. The molecule has 0 aliphatic rings. The molecule has 0 saturated carbocycles. The van der Waals surface area contributed by atoms with E-state index in [4.69, 9.17) is 4.98 Å². The fourth-order valence-electron chi connectivity index (χ4n) is 2.85. The highest BCUT2D eigenvalue weighted by atomic mass is 15.3. The van der Waals surface area contributed by atoms with Crippen LogP contribution >= 0.6 is 0 Å². The summed E-state index contributed by atoms with van der Waals surface area (Å²) in [6.45, 7) is 4.57. The van der Waals surface area contributed by atoms with Gasteiger partial charge in [0.15, 0.2) is 5.82 Å². The molecule has 7 heteroatoms. The summed E-state index contributed by atoms with van der Waals surface area (Å²) in [5.41, 5.74) is 3.28. The first kappa shape index (κ1) is 17.7. The van der Waals surface area contributed by atoms with Gasteiger partial charge < -0.3 is 10.6 Å². The van der Waals surface area contributed by atoms with Crippen molar-refractivity contribution in [2.24, 2.45) is 0 Å². The summed E-state index contributed by atoms with van der Waals surface area (Å²) in [5, 5.41) is 13.5. The Kier molecular flexibility index (Phi) is 4.97. The van der Waals surface area contributed by atoms with Crippen LogP contribution in [0.2, 0.25) is 0 Å². The van der Waals surface area contributed by atoms with E-state index in [1.54, 1.807) is 0 Å². The number of benzene rings is 2. The zero-order chi connectivity index (χ0) is 19.3. The van der Waals surface area contributed by atoms with E-state index in [-0.39, 0.29) is 0 Å². The van der Waals surface area contributed by atoms with Crippen molar-refractivity contribution in [3.63, 3.8) is 0 Å². The van der Waals surface area contributed by atoms with Crippen LogP contribution in [0.25, 0.3) is 11.4 Å². The molecule has 0 unspecified atom stereocenters. The van der Waals surface area contributed by atoms with Crippen LogP contribution < -0.4 is 10.6 Å². The van der Waals surface area contributed by atoms with Gasteiger partial charge in [-0.05, 0) is 25.0 Å². The predicted octanol–water partition coefficient (Wildman–Crippen LogP) is 4.23. The zero-order valence-electron chi connectivity index (χ0n) is 15.8. The number of hydrogen-bond donors (Lipinski definition) is 3. The predicted molar refractivity (Wildman–Crippen MR) is 110 cm³/mol. The van der Waals surface area contributed by atoms with Gasteiger partial charge in [-0.25, -0.2) is 9.97 Å². The van der Waals surface area contributed by atoms with Gasteiger partial charge >= 0.3 is 0 Å². The Morgan fingerprint density at radius 1 is 0.857 bits per heavy atom. The molecular formula is C21H21N7. The van der Waals surface area contributed by atoms with Crippen LogP contribution in [0, 0.1) is 13.8 Å². The lowest BCUT2D eigenvalue weighted by Crippen LogP contribution is -2.06. The topological polar surface area (TPSA) is 91.4 Å². The SMILES string of the molecule is Cc1nc(Nc2cc(NCc3ccccc3)nc(-c3ccccc3C)n2)n[nH]1. The number of aryl methyl sites for hydroxylation is 2. The number of aromatic amines is 1. The molecule has 0 radical (unpaired) electrons. The fraction of sp³-hybridized carbons (Fsp3) is 0.143. The van der Waals surface area contributed by atoms with Crippen molar-refractivity contribution in [3.05, 3.63) is 77.6 Å². The average molecular weight is 371 g/mol. The van der Waals surface area contributed by atoms with E-state index in [9.17, 15) is 0 Å². The maximum absolute atomic E-state index is 4.72. The molecule has 2 heterocycles. The summed E-state index contributed by atoms with van der Waals surface area (Å²) in [7, 11) is 0. The Labute approximate surface area is 163 Å². The second kappa shape index (κ2) is 7.87. The van der Waals surface area contributed by atoms with Gasteiger partial charge in [0.2, 0.25) is 5.95 Å². The molecule has 0 aliphatic carbocycles. The molecule has 0 fully saturated rings. The van der Waals surface area contributed by atoms with Crippen LogP contribution in [0.15, 0.2) is 60.7 Å².